The minimum atomic E-state index is -0.621. The maximum Gasteiger partial charge on any atom is 0.243 e. The number of carbonyl (C=O) groups excluding carboxylic acids is 2. The lowest BCUT2D eigenvalue weighted by Gasteiger charge is -2.38. The number of piperazine rings is 1. The Morgan fingerprint density at radius 2 is 2.06 bits per heavy atom. The van der Waals surface area contributed by atoms with E-state index in [2.05, 4.69) is 32.6 Å². The number of likely N-dealkylation sites (N-methyl/N-ethyl adjacent to an activating group) is 1. The van der Waals surface area contributed by atoms with E-state index in [1.807, 2.05) is 18.9 Å². The Bertz CT molecular complexity index is 821. The molecule has 2 amide bonds. The summed E-state index contributed by atoms with van der Waals surface area (Å²) in [5.74, 6) is -0.684. The highest BCUT2D eigenvalue weighted by Crippen LogP contribution is 2.31. The quantitative estimate of drug-likeness (QED) is 0.272. The Labute approximate surface area is 194 Å². The number of aromatic nitrogens is 2. The number of halogens is 1. The predicted octanol–water partition coefficient (Wildman–Crippen LogP) is 1.81. The van der Waals surface area contributed by atoms with Crippen LogP contribution in [0.1, 0.15) is 51.8 Å². The summed E-state index contributed by atoms with van der Waals surface area (Å²) in [7, 11) is 2.04. The monoisotopic (exact) mass is 465 g/mol. The van der Waals surface area contributed by atoms with Crippen molar-refractivity contribution in [1.82, 2.24) is 25.4 Å². The number of nitrogens with one attached hydrogen (secondary N) is 2. The van der Waals surface area contributed by atoms with Crippen molar-refractivity contribution in [3.8, 4) is 0 Å². The van der Waals surface area contributed by atoms with Crippen molar-refractivity contribution in [2.75, 3.05) is 43.6 Å². The van der Waals surface area contributed by atoms with Crippen LogP contribution in [0.4, 0.5) is 16.0 Å². The Morgan fingerprint density at radius 1 is 1.33 bits per heavy atom. The highest BCUT2D eigenvalue weighted by atomic mass is 19.1. The Morgan fingerprint density at radius 3 is 2.70 bits per heavy atom. The van der Waals surface area contributed by atoms with E-state index in [9.17, 15) is 14.8 Å². The standard InChI is InChI=1S/C22H36FN7O3/c1-4-18-24-20(19(23)21(25-18)29-10-9-28(3)15(2)12-29)26-27-22(32)17(13-30(33)14-31)11-16-7-5-6-8-16/h14-17,33H,4-13H2,1-3H3,(H,27,32)(H,24,25,26)/t15-,17+/m0/s1. The third-order valence-electron chi connectivity index (χ3n) is 6.75. The normalized spacial score (nSPS) is 20.5. The van der Waals surface area contributed by atoms with Crippen molar-refractivity contribution in [2.45, 2.75) is 58.4 Å². The van der Waals surface area contributed by atoms with Crippen molar-refractivity contribution in [2.24, 2.45) is 11.8 Å². The van der Waals surface area contributed by atoms with Crippen molar-refractivity contribution >= 4 is 24.0 Å². The van der Waals surface area contributed by atoms with Gasteiger partial charge in [-0.2, -0.15) is 4.39 Å². The van der Waals surface area contributed by atoms with Crippen LogP contribution >= 0.6 is 0 Å². The zero-order chi connectivity index (χ0) is 24.0. The number of carbonyl (C=O) groups is 2. The van der Waals surface area contributed by atoms with E-state index < -0.39 is 17.6 Å². The molecule has 2 heterocycles. The number of nitrogens with zero attached hydrogens (tertiary/aromatic N) is 5. The number of anilines is 2. The molecule has 0 spiro atoms. The Hall–Kier alpha value is -2.53. The molecule has 3 N–H and O–H groups in total. The first kappa shape index (κ1) is 25.1. The van der Waals surface area contributed by atoms with Crippen LogP contribution < -0.4 is 15.8 Å². The van der Waals surface area contributed by atoms with Crippen LogP contribution in [0, 0.1) is 17.7 Å². The van der Waals surface area contributed by atoms with Crippen LogP contribution in [0.5, 0.6) is 0 Å². The summed E-state index contributed by atoms with van der Waals surface area (Å²) in [6, 6.07) is 0.255. The van der Waals surface area contributed by atoms with E-state index in [1.165, 1.54) is 0 Å². The number of hydrogen-bond acceptors (Lipinski definition) is 8. The number of hydrazine groups is 1. The molecule has 1 aromatic rings. The third kappa shape index (κ3) is 6.50. The molecule has 2 aliphatic rings. The van der Waals surface area contributed by atoms with Gasteiger partial charge in [-0.25, -0.2) is 15.0 Å². The minimum absolute atomic E-state index is 0.0901. The SMILES string of the molecule is CCc1nc(NNC(=O)[C@H](CC2CCCC2)CN(O)C=O)c(F)c(N2CCN(C)[C@@H](C)C2)n1. The molecule has 0 aromatic carbocycles. The average molecular weight is 466 g/mol. The zero-order valence-electron chi connectivity index (χ0n) is 19.8. The molecule has 1 aromatic heterocycles. The van der Waals surface area contributed by atoms with Crippen molar-refractivity contribution < 1.29 is 19.2 Å². The fourth-order valence-corrected chi connectivity index (χ4v) is 4.58. The van der Waals surface area contributed by atoms with E-state index in [-0.39, 0.29) is 30.6 Å². The van der Waals surface area contributed by atoms with Crippen LogP contribution in [-0.4, -0.2) is 76.7 Å². The van der Waals surface area contributed by atoms with E-state index in [4.69, 9.17) is 0 Å². The molecule has 184 valence electrons. The van der Waals surface area contributed by atoms with Gasteiger partial charge in [0.2, 0.25) is 18.1 Å². The second kappa shape index (κ2) is 11.6. The fourth-order valence-electron chi connectivity index (χ4n) is 4.58. The molecule has 10 nitrogen and oxygen atoms in total. The predicted molar refractivity (Wildman–Crippen MR) is 122 cm³/mol. The summed E-state index contributed by atoms with van der Waals surface area (Å²) in [5.41, 5.74) is 5.17. The first-order valence-electron chi connectivity index (χ1n) is 11.8. The van der Waals surface area contributed by atoms with Gasteiger partial charge in [-0.15, -0.1) is 0 Å². The highest BCUT2D eigenvalue weighted by molar-refractivity contribution is 5.80. The van der Waals surface area contributed by atoms with Crippen molar-refractivity contribution in [3.63, 3.8) is 0 Å². The number of hydrogen-bond donors (Lipinski definition) is 3. The van der Waals surface area contributed by atoms with E-state index in [1.54, 1.807) is 0 Å². The molecule has 1 aliphatic heterocycles. The third-order valence-corrected chi connectivity index (χ3v) is 6.75. The Kier molecular flexibility index (Phi) is 8.79. The molecular weight excluding hydrogens is 429 g/mol. The van der Waals surface area contributed by atoms with Crippen LogP contribution in [-0.2, 0) is 16.0 Å². The van der Waals surface area contributed by atoms with Crippen LogP contribution in [0.2, 0.25) is 0 Å². The van der Waals surface area contributed by atoms with Gasteiger partial charge in [0.25, 0.3) is 0 Å². The molecule has 1 saturated heterocycles. The molecule has 1 saturated carbocycles. The van der Waals surface area contributed by atoms with E-state index in [0.717, 1.165) is 32.2 Å². The molecule has 0 bridgehead atoms. The Balaban J connectivity index is 1.72. The summed E-state index contributed by atoms with van der Waals surface area (Å²) < 4.78 is 15.4. The topological polar surface area (TPSA) is 114 Å². The first-order valence-corrected chi connectivity index (χ1v) is 11.8. The summed E-state index contributed by atoms with van der Waals surface area (Å²) in [6.07, 6.45) is 5.63. The second-order valence-corrected chi connectivity index (χ2v) is 9.18. The lowest BCUT2D eigenvalue weighted by Crippen LogP contribution is -2.50. The van der Waals surface area contributed by atoms with Gasteiger partial charge in [0.05, 0.1) is 12.5 Å². The van der Waals surface area contributed by atoms with Gasteiger partial charge >= 0.3 is 0 Å². The van der Waals surface area contributed by atoms with Gasteiger partial charge in [0.1, 0.15) is 5.82 Å². The fraction of sp³-hybridized carbons (Fsp3) is 0.727. The molecule has 33 heavy (non-hydrogen) atoms. The summed E-state index contributed by atoms with van der Waals surface area (Å²) >= 11 is 0. The molecule has 2 atom stereocenters. The first-order chi connectivity index (χ1) is 15.8. The van der Waals surface area contributed by atoms with Gasteiger partial charge in [0, 0.05) is 32.1 Å². The molecular formula is C22H36FN7O3. The van der Waals surface area contributed by atoms with Gasteiger partial charge in [-0.3, -0.25) is 25.6 Å². The van der Waals surface area contributed by atoms with Crippen LogP contribution in [0.3, 0.4) is 0 Å². The lowest BCUT2D eigenvalue weighted by molar-refractivity contribution is -0.154. The summed E-state index contributed by atoms with van der Waals surface area (Å²) in [6.45, 7) is 5.93. The molecule has 0 unspecified atom stereocenters. The van der Waals surface area contributed by atoms with Crippen LogP contribution in [0.25, 0.3) is 0 Å². The van der Waals surface area contributed by atoms with Crippen molar-refractivity contribution in [3.05, 3.63) is 11.6 Å². The number of hydroxylamine groups is 2. The maximum absolute atomic E-state index is 15.4. The minimum Gasteiger partial charge on any atom is -0.351 e. The maximum atomic E-state index is 15.4. The highest BCUT2D eigenvalue weighted by Gasteiger charge is 2.29. The number of aryl methyl sites for hydroxylation is 1. The van der Waals surface area contributed by atoms with E-state index >= 15 is 4.39 Å². The average Bonchev–Trinajstić information content (AvgIpc) is 3.32. The van der Waals surface area contributed by atoms with Gasteiger partial charge < -0.3 is 9.80 Å². The largest absolute Gasteiger partial charge is 0.351 e. The molecule has 1 aliphatic carbocycles. The summed E-state index contributed by atoms with van der Waals surface area (Å²) in [4.78, 5) is 36.5. The second-order valence-electron chi connectivity index (χ2n) is 9.18. The van der Waals surface area contributed by atoms with Crippen molar-refractivity contribution in [1.29, 1.82) is 0 Å². The molecule has 11 heteroatoms. The number of rotatable bonds is 10. The molecule has 0 radical (unpaired) electrons. The van der Waals surface area contributed by atoms with Gasteiger partial charge in [-0.1, -0.05) is 32.6 Å². The zero-order valence-corrected chi connectivity index (χ0v) is 19.8. The number of amides is 2. The van der Waals surface area contributed by atoms with Gasteiger partial charge in [-0.05, 0) is 26.3 Å². The smallest absolute Gasteiger partial charge is 0.243 e. The lowest BCUT2D eigenvalue weighted by atomic mass is 9.92. The van der Waals surface area contributed by atoms with Gasteiger partial charge in [0.15, 0.2) is 11.6 Å². The van der Waals surface area contributed by atoms with Crippen LogP contribution in [0.15, 0.2) is 0 Å². The molecule has 2 fully saturated rings. The van der Waals surface area contributed by atoms with E-state index in [0.29, 0.717) is 42.7 Å². The summed E-state index contributed by atoms with van der Waals surface area (Å²) in [5, 5.41) is 10.1. The molecule has 3 rings (SSSR count).